The van der Waals surface area contributed by atoms with E-state index in [1.807, 2.05) is 0 Å². The Labute approximate surface area is 127 Å². The quantitative estimate of drug-likeness (QED) is 0.625. The lowest BCUT2D eigenvalue weighted by molar-refractivity contribution is 0.952. The first-order chi connectivity index (χ1) is 10.4. The summed E-state index contributed by atoms with van der Waals surface area (Å²) in [6, 6.07) is 2.15. The summed E-state index contributed by atoms with van der Waals surface area (Å²) in [6.45, 7) is 3.79. The second kappa shape index (κ2) is 6.53. The molecular weight excluding hydrogens is 284 g/mol. The molecular formula is C14H18N6S. The minimum absolute atomic E-state index is 0.620. The summed E-state index contributed by atoms with van der Waals surface area (Å²) in [5.74, 6) is 1.42. The predicted octanol–water partition coefficient (Wildman–Crippen LogP) is 2.89. The van der Waals surface area contributed by atoms with Gasteiger partial charge < -0.3 is 15.6 Å². The molecule has 0 aliphatic carbocycles. The summed E-state index contributed by atoms with van der Waals surface area (Å²) in [5.41, 5.74) is 2.87. The lowest BCUT2D eigenvalue weighted by Gasteiger charge is -2.08. The Kier molecular flexibility index (Phi) is 4.30. The van der Waals surface area contributed by atoms with Crippen LogP contribution in [0.15, 0.2) is 23.2 Å². The smallest absolute Gasteiger partial charge is 0.226 e. The monoisotopic (exact) mass is 302 g/mol. The Hall–Kier alpha value is -2.15. The molecule has 3 aromatic rings. The van der Waals surface area contributed by atoms with Crippen molar-refractivity contribution in [2.75, 3.05) is 23.7 Å². The SMILES string of the molecule is CCCNc1nc(NCCc2ccsc2)c2[nH]cnc2n1. The highest BCUT2D eigenvalue weighted by Gasteiger charge is 2.09. The van der Waals surface area contributed by atoms with Gasteiger partial charge in [0.1, 0.15) is 5.52 Å². The molecule has 3 aromatic heterocycles. The van der Waals surface area contributed by atoms with Gasteiger partial charge in [0.15, 0.2) is 11.5 Å². The number of H-pyrrole nitrogens is 1. The number of nitrogens with one attached hydrogen (secondary N) is 3. The number of rotatable bonds is 7. The highest BCUT2D eigenvalue weighted by atomic mass is 32.1. The molecule has 0 saturated carbocycles. The predicted molar refractivity (Wildman–Crippen MR) is 87.0 cm³/mol. The number of hydrogen-bond acceptors (Lipinski definition) is 6. The van der Waals surface area contributed by atoms with Gasteiger partial charge in [-0.15, -0.1) is 0 Å². The number of aromatic amines is 1. The number of nitrogens with zero attached hydrogens (tertiary/aromatic N) is 3. The molecule has 0 radical (unpaired) electrons. The molecule has 0 saturated heterocycles. The first kappa shape index (κ1) is 13.8. The van der Waals surface area contributed by atoms with Gasteiger partial charge in [-0.1, -0.05) is 6.92 Å². The molecule has 3 rings (SSSR count). The zero-order valence-electron chi connectivity index (χ0n) is 11.9. The average molecular weight is 302 g/mol. The molecule has 0 spiro atoms. The third-order valence-corrected chi connectivity index (χ3v) is 3.84. The second-order valence-corrected chi connectivity index (χ2v) is 5.51. The summed E-state index contributed by atoms with van der Waals surface area (Å²) in [4.78, 5) is 16.2. The summed E-state index contributed by atoms with van der Waals surface area (Å²) < 4.78 is 0. The van der Waals surface area contributed by atoms with Crippen molar-refractivity contribution in [3.63, 3.8) is 0 Å². The van der Waals surface area contributed by atoms with Crippen LogP contribution in [0.3, 0.4) is 0 Å². The van der Waals surface area contributed by atoms with Gasteiger partial charge >= 0.3 is 0 Å². The Morgan fingerprint density at radius 2 is 2.19 bits per heavy atom. The van der Waals surface area contributed by atoms with E-state index in [-0.39, 0.29) is 0 Å². The van der Waals surface area contributed by atoms with Gasteiger partial charge in [0.05, 0.1) is 6.33 Å². The van der Waals surface area contributed by atoms with Crippen molar-refractivity contribution in [1.82, 2.24) is 19.9 Å². The lowest BCUT2D eigenvalue weighted by Crippen LogP contribution is -2.10. The van der Waals surface area contributed by atoms with Crippen LogP contribution in [0.5, 0.6) is 0 Å². The lowest BCUT2D eigenvalue weighted by atomic mass is 10.2. The summed E-state index contributed by atoms with van der Waals surface area (Å²) in [6.07, 6.45) is 3.65. The van der Waals surface area contributed by atoms with E-state index in [9.17, 15) is 0 Å². The van der Waals surface area contributed by atoms with Gasteiger partial charge in [0.25, 0.3) is 0 Å². The van der Waals surface area contributed by atoms with Crippen molar-refractivity contribution < 1.29 is 0 Å². The van der Waals surface area contributed by atoms with Crippen LogP contribution < -0.4 is 10.6 Å². The molecule has 21 heavy (non-hydrogen) atoms. The zero-order valence-corrected chi connectivity index (χ0v) is 12.7. The first-order valence-corrected chi connectivity index (χ1v) is 8.01. The molecule has 0 amide bonds. The Bertz CT molecular complexity index is 691. The number of fused-ring (bicyclic) bond motifs is 1. The zero-order chi connectivity index (χ0) is 14.5. The molecule has 6 nitrogen and oxygen atoms in total. The van der Waals surface area contributed by atoms with Crippen molar-refractivity contribution in [1.29, 1.82) is 0 Å². The van der Waals surface area contributed by atoms with Crippen molar-refractivity contribution in [3.8, 4) is 0 Å². The highest BCUT2D eigenvalue weighted by molar-refractivity contribution is 7.07. The van der Waals surface area contributed by atoms with Gasteiger partial charge in [-0.3, -0.25) is 0 Å². The van der Waals surface area contributed by atoms with Crippen LogP contribution in [0.1, 0.15) is 18.9 Å². The van der Waals surface area contributed by atoms with Crippen molar-refractivity contribution in [2.45, 2.75) is 19.8 Å². The molecule has 7 heteroatoms. The van der Waals surface area contributed by atoms with Crippen molar-refractivity contribution in [3.05, 3.63) is 28.7 Å². The van der Waals surface area contributed by atoms with Crippen LogP contribution in [0.2, 0.25) is 0 Å². The van der Waals surface area contributed by atoms with Gasteiger partial charge in [-0.05, 0) is 35.2 Å². The highest BCUT2D eigenvalue weighted by Crippen LogP contribution is 2.18. The summed E-state index contributed by atoms with van der Waals surface area (Å²) in [5, 5.41) is 10.8. The Morgan fingerprint density at radius 3 is 3.00 bits per heavy atom. The van der Waals surface area contributed by atoms with Crippen LogP contribution in [0.25, 0.3) is 11.2 Å². The number of aromatic nitrogens is 4. The Balaban J connectivity index is 1.74. The number of imidazole rings is 1. The molecule has 3 heterocycles. The van der Waals surface area contributed by atoms with Crippen LogP contribution in [-0.4, -0.2) is 33.0 Å². The van der Waals surface area contributed by atoms with Gasteiger partial charge in [0.2, 0.25) is 5.95 Å². The van der Waals surface area contributed by atoms with Crippen LogP contribution >= 0.6 is 11.3 Å². The van der Waals surface area contributed by atoms with Crippen molar-refractivity contribution >= 4 is 34.3 Å². The molecule has 0 aromatic carbocycles. The van der Waals surface area contributed by atoms with Crippen molar-refractivity contribution in [2.24, 2.45) is 0 Å². The van der Waals surface area contributed by atoms with E-state index in [1.165, 1.54) is 5.56 Å². The molecule has 3 N–H and O–H groups in total. The standard InChI is InChI=1S/C14H18N6S/c1-2-5-16-14-19-12(11-13(20-14)18-9-17-11)15-6-3-10-4-7-21-8-10/h4,7-9H,2-3,5-6H2,1H3,(H3,15,16,17,18,19,20). The molecule has 0 aliphatic heterocycles. The van der Waals surface area contributed by atoms with Gasteiger partial charge in [-0.2, -0.15) is 21.3 Å². The number of anilines is 2. The first-order valence-electron chi connectivity index (χ1n) is 7.06. The van der Waals surface area contributed by atoms with E-state index in [0.717, 1.165) is 37.3 Å². The molecule has 110 valence electrons. The van der Waals surface area contributed by atoms with E-state index in [1.54, 1.807) is 17.7 Å². The minimum atomic E-state index is 0.620. The topological polar surface area (TPSA) is 78.5 Å². The number of hydrogen-bond donors (Lipinski definition) is 3. The van der Waals surface area contributed by atoms with Crippen LogP contribution in [0, 0.1) is 0 Å². The molecule has 0 bridgehead atoms. The third-order valence-electron chi connectivity index (χ3n) is 3.10. The van der Waals surface area contributed by atoms with Crippen LogP contribution in [-0.2, 0) is 6.42 Å². The molecule has 0 fully saturated rings. The average Bonchev–Trinajstić information content (AvgIpc) is 3.15. The van der Waals surface area contributed by atoms with Gasteiger partial charge in [-0.25, -0.2) is 4.98 Å². The minimum Gasteiger partial charge on any atom is -0.368 e. The number of thiophene rings is 1. The van der Waals surface area contributed by atoms with E-state index in [2.05, 4.69) is 54.3 Å². The summed E-state index contributed by atoms with van der Waals surface area (Å²) >= 11 is 1.72. The van der Waals surface area contributed by atoms with E-state index >= 15 is 0 Å². The largest absolute Gasteiger partial charge is 0.368 e. The molecule has 0 unspecified atom stereocenters. The van der Waals surface area contributed by atoms with E-state index in [0.29, 0.717) is 11.6 Å². The third kappa shape index (κ3) is 3.30. The maximum Gasteiger partial charge on any atom is 0.226 e. The molecule has 0 aliphatic rings. The van der Waals surface area contributed by atoms with E-state index in [4.69, 9.17) is 0 Å². The fourth-order valence-electron chi connectivity index (χ4n) is 2.04. The fraction of sp³-hybridized carbons (Fsp3) is 0.357. The van der Waals surface area contributed by atoms with Gasteiger partial charge in [0, 0.05) is 13.1 Å². The van der Waals surface area contributed by atoms with Crippen LogP contribution in [0.4, 0.5) is 11.8 Å². The fourth-order valence-corrected chi connectivity index (χ4v) is 2.74. The maximum atomic E-state index is 4.53. The van der Waals surface area contributed by atoms with E-state index < -0.39 is 0 Å². The maximum absolute atomic E-state index is 4.53. The second-order valence-electron chi connectivity index (χ2n) is 4.73. The molecule has 0 atom stereocenters. The Morgan fingerprint density at radius 1 is 1.24 bits per heavy atom. The normalized spacial score (nSPS) is 10.9. The summed E-state index contributed by atoms with van der Waals surface area (Å²) in [7, 11) is 0.